The number of hydrogen-bond donors (Lipinski definition) is 1. The molecule has 0 amide bonds. The van der Waals surface area contributed by atoms with Crippen LogP contribution in [0.2, 0.25) is 0 Å². The van der Waals surface area contributed by atoms with Crippen molar-refractivity contribution in [2.24, 2.45) is 0 Å². The summed E-state index contributed by atoms with van der Waals surface area (Å²) in [6.45, 7) is 12.0. The number of hydrogen-bond acceptors (Lipinski definition) is 4. The molecule has 1 N–H and O–H groups in total. The van der Waals surface area contributed by atoms with Gasteiger partial charge in [-0.15, -0.1) is 0 Å². The zero-order valence-corrected chi connectivity index (χ0v) is 15.2. The van der Waals surface area contributed by atoms with Gasteiger partial charge >= 0.3 is 7.60 Å². The summed E-state index contributed by atoms with van der Waals surface area (Å²) >= 11 is 0. The van der Waals surface area contributed by atoms with Crippen molar-refractivity contribution in [2.75, 3.05) is 14.2 Å². The van der Waals surface area contributed by atoms with Crippen molar-refractivity contribution in [3.63, 3.8) is 0 Å². The van der Waals surface area contributed by atoms with Gasteiger partial charge < -0.3 is 14.2 Å². The number of phenols is 1. The summed E-state index contributed by atoms with van der Waals surface area (Å²) in [6.07, 6.45) is 0. The van der Waals surface area contributed by atoms with Gasteiger partial charge in [-0.3, -0.25) is 4.57 Å². The molecule has 4 nitrogen and oxygen atoms in total. The highest BCUT2D eigenvalue weighted by atomic mass is 31.2. The highest BCUT2D eigenvalue weighted by molar-refractivity contribution is 7.62. The Hall–Kier alpha value is -0.830. The Kier molecular flexibility index (Phi) is 4.99. The van der Waals surface area contributed by atoms with Crippen LogP contribution in [0.25, 0.3) is 0 Å². The molecule has 0 aliphatic rings. The van der Waals surface area contributed by atoms with E-state index >= 15 is 0 Å². The third-order valence-electron chi connectivity index (χ3n) is 3.51. The maximum Gasteiger partial charge on any atom is 0.361 e. The first-order chi connectivity index (χ1) is 9.36. The average Bonchev–Trinajstić information content (AvgIpc) is 2.35. The Morgan fingerprint density at radius 3 is 1.67 bits per heavy atom. The molecule has 0 aliphatic carbocycles. The fourth-order valence-corrected chi connectivity index (χ4v) is 3.80. The van der Waals surface area contributed by atoms with E-state index in [9.17, 15) is 9.67 Å². The molecule has 21 heavy (non-hydrogen) atoms. The summed E-state index contributed by atoms with van der Waals surface area (Å²) in [7, 11) is -0.644. The molecule has 0 unspecified atom stereocenters. The highest BCUT2D eigenvalue weighted by Gasteiger charge is 2.34. The number of aromatic hydroxyl groups is 1. The quantitative estimate of drug-likeness (QED) is 0.853. The summed E-state index contributed by atoms with van der Waals surface area (Å²) in [6, 6.07) is 3.43. The van der Waals surface area contributed by atoms with Gasteiger partial charge in [0.15, 0.2) is 0 Å². The van der Waals surface area contributed by atoms with Crippen LogP contribution in [0, 0.1) is 0 Å². The van der Waals surface area contributed by atoms with Crippen LogP contribution in [0.4, 0.5) is 0 Å². The molecule has 0 radical (unpaired) electrons. The molecule has 0 aliphatic heterocycles. The lowest BCUT2D eigenvalue weighted by molar-refractivity contribution is 0.286. The number of phenolic OH excluding ortho intramolecular Hbond substituents is 1. The van der Waals surface area contributed by atoms with Crippen molar-refractivity contribution in [3.8, 4) is 5.75 Å². The summed E-state index contributed by atoms with van der Waals surface area (Å²) in [4.78, 5) is 0. The zero-order chi connectivity index (χ0) is 16.6. The maximum atomic E-state index is 12.9. The Labute approximate surface area is 128 Å². The summed E-state index contributed by atoms with van der Waals surface area (Å²) < 4.78 is 23.2. The van der Waals surface area contributed by atoms with Crippen LogP contribution in [0.3, 0.4) is 0 Å². The van der Waals surface area contributed by atoms with Crippen molar-refractivity contribution < 1.29 is 18.7 Å². The minimum absolute atomic E-state index is 0.204. The van der Waals surface area contributed by atoms with E-state index in [4.69, 9.17) is 9.05 Å². The molecule has 0 atom stereocenters. The van der Waals surface area contributed by atoms with Crippen LogP contribution >= 0.6 is 7.60 Å². The molecule has 5 heteroatoms. The van der Waals surface area contributed by atoms with Gasteiger partial charge in [0.05, 0.1) is 5.30 Å². The van der Waals surface area contributed by atoms with Crippen LogP contribution in [-0.2, 0) is 24.4 Å². The second-order valence-electron chi connectivity index (χ2n) is 7.25. The topological polar surface area (TPSA) is 55.8 Å². The first kappa shape index (κ1) is 18.2. The Morgan fingerprint density at radius 1 is 0.905 bits per heavy atom. The van der Waals surface area contributed by atoms with Gasteiger partial charge in [-0.1, -0.05) is 41.5 Å². The van der Waals surface area contributed by atoms with E-state index in [0.29, 0.717) is 5.30 Å². The minimum atomic E-state index is -3.40. The molecule has 0 fully saturated rings. The normalized spacial score (nSPS) is 13.5. The molecule has 120 valence electrons. The van der Waals surface area contributed by atoms with Crippen molar-refractivity contribution in [2.45, 2.75) is 52.4 Å². The maximum absolute atomic E-state index is 12.9. The molecule has 0 heterocycles. The predicted octanol–water partition coefficient (Wildman–Crippen LogP) is 4.10. The molecule has 1 aromatic carbocycles. The van der Waals surface area contributed by atoms with Gasteiger partial charge in [-0.25, -0.2) is 0 Å². The van der Waals surface area contributed by atoms with Gasteiger partial charge in [-0.2, -0.15) is 0 Å². The third kappa shape index (κ3) is 3.68. The van der Waals surface area contributed by atoms with Gasteiger partial charge in [0.2, 0.25) is 0 Å². The second kappa shape index (κ2) is 5.75. The second-order valence-corrected chi connectivity index (χ2v) is 9.46. The smallest absolute Gasteiger partial charge is 0.361 e. The summed E-state index contributed by atoms with van der Waals surface area (Å²) in [5, 5.41) is 10.9. The van der Waals surface area contributed by atoms with Crippen molar-refractivity contribution in [1.29, 1.82) is 0 Å². The molecule has 0 spiro atoms. The van der Waals surface area contributed by atoms with Crippen LogP contribution in [0.1, 0.15) is 52.7 Å². The van der Waals surface area contributed by atoms with Crippen LogP contribution in [0.5, 0.6) is 5.75 Å². The van der Waals surface area contributed by atoms with Crippen molar-refractivity contribution in [1.82, 2.24) is 0 Å². The molecule has 1 aromatic rings. The zero-order valence-electron chi connectivity index (χ0n) is 14.3. The average molecular weight is 314 g/mol. The standard InChI is InChI=1S/C16H27O4P/c1-15(2,3)11-10-14(21(18,19-7)20-8)12(9-13(11)17)16(4,5)6/h9-10,17H,1-8H3. The fourth-order valence-electron chi connectivity index (χ4n) is 2.28. The van der Waals surface area contributed by atoms with Crippen LogP contribution < -0.4 is 5.30 Å². The van der Waals surface area contributed by atoms with E-state index in [1.165, 1.54) is 14.2 Å². The molecule has 1 rings (SSSR count). The van der Waals surface area contributed by atoms with E-state index in [1.807, 2.05) is 41.5 Å². The molecule has 0 saturated heterocycles. The first-order valence-electron chi connectivity index (χ1n) is 6.97. The Balaban J connectivity index is 3.77. The van der Waals surface area contributed by atoms with Gasteiger partial charge in [0, 0.05) is 19.8 Å². The number of benzene rings is 1. The number of rotatable bonds is 3. The SMILES string of the molecule is COP(=O)(OC)c1cc(C(C)(C)C)c(O)cc1C(C)(C)C. The lowest BCUT2D eigenvalue weighted by Gasteiger charge is -2.29. The highest BCUT2D eigenvalue weighted by Crippen LogP contribution is 2.49. The molecular formula is C16H27O4P. The fraction of sp³-hybridized carbons (Fsp3) is 0.625. The molecule has 0 saturated carbocycles. The third-order valence-corrected chi connectivity index (χ3v) is 5.43. The Morgan fingerprint density at radius 2 is 1.33 bits per heavy atom. The van der Waals surface area contributed by atoms with Gasteiger partial charge in [0.25, 0.3) is 0 Å². The van der Waals surface area contributed by atoms with Gasteiger partial charge in [-0.05, 0) is 28.5 Å². The van der Waals surface area contributed by atoms with E-state index < -0.39 is 7.60 Å². The minimum Gasteiger partial charge on any atom is -0.508 e. The lowest BCUT2D eigenvalue weighted by Crippen LogP contribution is -2.26. The summed E-state index contributed by atoms with van der Waals surface area (Å²) in [5.74, 6) is 0.204. The van der Waals surface area contributed by atoms with Crippen LogP contribution in [-0.4, -0.2) is 19.3 Å². The van der Waals surface area contributed by atoms with E-state index in [2.05, 4.69) is 0 Å². The van der Waals surface area contributed by atoms with E-state index in [0.717, 1.165) is 11.1 Å². The largest absolute Gasteiger partial charge is 0.508 e. The Bertz CT molecular complexity index is 557. The van der Waals surface area contributed by atoms with Crippen molar-refractivity contribution >= 4 is 12.9 Å². The molecule has 0 bridgehead atoms. The van der Waals surface area contributed by atoms with E-state index in [1.54, 1.807) is 12.1 Å². The van der Waals surface area contributed by atoms with Gasteiger partial charge in [0.1, 0.15) is 5.75 Å². The first-order valence-corrected chi connectivity index (χ1v) is 8.51. The van der Waals surface area contributed by atoms with Crippen molar-refractivity contribution in [3.05, 3.63) is 23.3 Å². The molecule has 0 aromatic heterocycles. The monoisotopic (exact) mass is 314 g/mol. The predicted molar refractivity (Wildman–Crippen MR) is 86.8 cm³/mol. The van der Waals surface area contributed by atoms with E-state index in [-0.39, 0.29) is 16.6 Å². The molecular weight excluding hydrogens is 287 g/mol. The van der Waals surface area contributed by atoms with Crippen LogP contribution in [0.15, 0.2) is 12.1 Å². The lowest BCUT2D eigenvalue weighted by atomic mass is 9.81. The summed E-state index contributed by atoms with van der Waals surface area (Å²) in [5.41, 5.74) is 0.914.